The zero-order valence-electron chi connectivity index (χ0n) is 46.5. The van der Waals surface area contributed by atoms with Gasteiger partial charge in [-0.1, -0.05) is 269 Å². The minimum atomic E-state index is -1.57. The van der Waals surface area contributed by atoms with Crippen LogP contribution in [0.1, 0.15) is 296 Å². The lowest BCUT2D eigenvalue weighted by Crippen LogP contribution is -2.60. The highest BCUT2D eigenvalue weighted by Gasteiger charge is 2.44. The van der Waals surface area contributed by atoms with Gasteiger partial charge in [0, 0.05) is 6.42 Å². The van der Waals surface area contributed by atoms with Crippen molar-refractivity contribution in [2.75, 3.05) is 13.2 Å². The van der Waals surface area contributed by atoms with E-state index >= 15 is 0 Å². The molecule has 0 aliphatic carbocycles. The Morgan fingerprint density at radius 3 is 1.18 bits per heavy atom. The van der Waals surface area contributed by atoms with Crippen LogP contribution in [-0.4, -0.2) is 87.5 Å². The number of amides is 1. The monoisotopic (exact) mass is 1000 g/mol. The second kappa shape index (κ2) is 51.9. The number of hydrogen-bond donors (Lipinski definition) is 6. The highest BCUT2D eigenvalue weighted by atomic mass is 16.7. The van der Waals surface area contributed by atoms with E-state index in [-0.39, 0.29) is 12.5 Å². The topological polar surface area (TPSA) is 149 Å². The molecule has 0 saturated carbocycles. The van der Waals surface area contributed by atoms with Crippen LogP contribution in [-0.2, 0) is 14.3 Å². The Labute approximate surface area is 438 Å². The first-order valence-electron chi connectivity index (χ1n) is 30.7. The molecule has 0 radical (unpaired) electrons. The van der Waals surface area contributed by atoms with Crippen LogP contribution >= 0.6 is 0 Å². The third-order valence-corrected chi connectivity index (χ3v) is 14.7. The van der Waals surface area contributed by atoms with Gasteiger partial charge in [-0.3, -0.25) is 4.79 Å². The standard InChI is InChI=1S/C62H117NO8/c1-3-5-7-9-11-13-15-17-19-21-23-25-26-27-28-29-30-32-33-35-37-39-41-43-45-47-49-51-56(65)55(54-70-62-61(69)60(68)59(67)57(53-64)71-62)63-58(66)52-50-48-46-44-42-40-38-36-34-31-24-22-20-18-16-14-12-10-8-6-4-2/h22,24,41,43,49,51,55-57,59-62,64-65,67-69H,3-21,23,25-40,42,44-48,50,52-54H2,1-2H3,(H,63,66)/b24-22-,43-41+,51-49+. The summed E-state index contributed by atoms with van der Waals surface area (Å²) in [4.78, 5) is 13.1. The van der Waals surface area contributed by atoms with E-state index in [9.17, 15) is 30.3 Å². The molecule has 1 amide bonds. The molecular weight excluding hydrogens is 887 g/mol. The number of nitrogens with one attached hydrogen (secondary N) is 1. The lowest BCUT2D eigenvalue weighted by atomic mass is 9.99. The average Bonchev–Trinajstić information content (AvgIpc) is 3.37. The first kappa shape index (κ1) is 67.4. The Morgan fingerprint density at radius 1 is 0.465 bits per heavy atom. The minimum Gasteiger partial charge on any atom is -0.394 e. The second-order valence-electron chi connectivity index (χ2n) is 21.5. The first-order valence-corrected chi connectivity index (χ1v) is 30.7. The molecule has 418 valence electrons. The molecule has 0 aromatic carbocycles. The first-order chi connectivity index (χ1) is 34.8. The quantitative estimate of drug-likeness (QED) is 0.0261. The third-order valence-electron chi connectivity index (χ3n) is 14.7. The maximum Gasteiger partial charge on any atom is 0.220 e. The summed E-state index contributed by atoms with van der Waals surface area (Å²) in [5.74, 6) is -0.185. The van der Waals surface area contributed by atoms with E-state index < -0.39 is 49.5 Å². The molecule has 1 saturated heterocycles. The fraction of sp³-hybridized carbons (Fsp3) is 0.887. The number of aliphatic hydroxyl groups excluding tert-OH is 5. The number of rotatable bonds is 53. The number of ether oxygens (including phenoxy) is 2. The van der Waals surface area contributed by atoms with Gasteiger partial charge in [-0.05, 0) is 57.8 Å². The average molecular weight is 1000 g/mol. The Bertz CT molecular complexity index is 1210. The van der Waals surface area contributed by atoms with Crippen molar-refractivity contribution in [3.05, 3.63) is 36.5 Å². The van der Waals surface area contributed by atoms with Crippen molar-refractivity contribution in [2.24, 2.45) is 0 Å². The van der Waals surface area contributed by atoms with Crippen molar-refractivity contribution in [1.82, 2.24) is 5.32 Å². The van der Waals surface area contributed by atoms with Gasteiger partial charge < -0.3 is 40.3 Å². The highest BCUT2D eigenvalue weighted by Crippen LogP contribution is 2.23. The van der Waals surface area contributed by atoms with Gasteiger partial charge in [-0.25, -0.2) is 0 Å². The molecule has 7 atom stereocenters. The van der Waals surface area contributed by atoms with E-state index in [0.29, 0.717) is 6.42 Å². The molecule has 71 heavy (non-hydrogen) atoms. The summed E-state index contributed by atoms with van der Waals surface area (Å²) in [5, 5.41) is 54.6. The predicted octanol–water partition coefficient (Wildman–Crippen LogP) is 15.5. The largest absolute Gasteiger partial charge is 0.394 e. The van der Waals surface area contributed by atoms with Crippen molar-refractivity contribution < 1.29 is 39.8 Å². The van der Waals surface area contributed by atoms with Crippen LogP contribution in [0, 0.1) is 0 Å². The highest BCUT2D eigenvalue weighted by molar-refractivity contribution is 5.76. The number of hydrogen-bond acceptors (Lipinski definition) is 8. The molecule has 1 fully saturated rings. The smallest absolute Gasteiger partial charge is 0.220 e. The van der Waals surface area contributed by atoms with Crippen LogP contribution in [0.3, 0.4) is 0 Å². The Balaban J connectivity index is 2.22. The summed E-state index contributed by atoms with van der Waals surface area (Å²) < 4.78 is 11.3. The summed E-state index contributed by atoms with van der Waals surface area (Å²) in [6.07, 6.45) is 60.8. The predicted molar refractivity (Wildman–Crippen MR) is 300 cm³/mol. The van der Waals surface area contributed by atoms with Crippen LogP contribution in [0.15, 0.2) is 36.5 Å². The van der Waals surface area contributed by atoms with Crippen LogP contribution < -0.4 is 5.32 Å². The molecule has 0 bridgehead atoms. The summed E-state index contributed by atoms with van der Waals surface area (Å²) in [5.41, 5.74) is 0. The Kier molecular flexibility index (Phi) is 49.3. The van der Waals surface area contributed by atoms with E-state index in [1.165, 1.54) is 238 Å². The Hall–Kier alpha value is -1.59. The van der Waals surface area contributed by atoms with Gasteiger partial charge in [0.05, 0.1) is 25.4 Å². The van der Waals surface area contributed by atoms with Gasteiger partial charge >= 0.3 is 0 Å². The minimum absolute atomic E-state index is 0.185. The summed E-state index contributed by atoms with van der Waals surface area (Å²) in [6, 6.07) is -0.823. The third kappa shape index (κ3) is 41.4. The zero-order chi connectivity index (χ0) is 51.5. The van der Waals surface area contributed by atoms with E-state index in [2.05, 4.69) is 43.5 Å². The van der Waals surface area contributed by atoms with E-state index in [0.717, 1.165) is 38.5 Å². The SMILES string of the molecule is CCCCCCCCCC/C=C\CCCCCCCCCCCC(=O)NC(COC1OC(CO)C(O)C(O)C1O)C(O)/C=C/CC/C=C/CCCCCCCCCCCCCCCCCCCCCCC. The van der Waals surface area contributed by atoms with Crippen molar-refractivity contribution in [2.45, 2.75) is 339 Å². The molecular formula is C62H117NO8. The van der Waals surface area contributed by atoms with Crippen molar-refractivity contribution >= 4 is 5.91 Å². The Morgan fingerprint density at radius 2 is 0.803 bits per heavy atom. The number of allylic oxidation sites excluding steroid dienone is 5. The fourth-order valence-electron chi connectivity index (χ4n) is 9.82. The molecule has 0 aromatic rings. The number of unbranched alkanes of at least 4 members (excludes halogenated alkanes) is 39. The number of carbonyl (C=O) groups is 1. The van der Waals surface area contributed by atoms with Gasteiger partial charge in [0.25, 0.3) is 0 Å². The summed E-state index contributed by atoms with van der Waals surface area (Å²) >= 11 is 0. The lowest BCUT2D eigenvalue weighted by molar-refractivity contribution is -0.302. The van der Waals surface area contributed by atoms with Gasteiger partial charge in [-0.2, -0.15) is 0 Å². The maximum absolute atomic E-state index is 13.1. The maximum atomic E-state index is 13.1. The van der Waals surface area contributed by atoms with Crippen LogP contribution in [0.25, 0.3) is 0 Å². The van der Waals surface area contributed by atoms with Crippen molar-refractivity contribution in [3.8, 4) is 0 Å². The van der Waals surface area contributed by atoms with Crippen LogP contribution in [0.5, 0.6) is 0 Å². The second-order valence-corrected chi connectivity index (χ2v) is 21.5. The van der Waals surface area contributed by atoms with Gasteiger partial charge in [0.15, 0.2) is 6.29 Å². The van der Waals surface area contributed by atoms with E-state index in [4.69, 9.17) is 9.47 Å². The molecule has 6 N–H and O–H groups in total. The van der Waals surface area contributed by atoms with Gasteiger partial charge in [-0.15, -0.1) is 0 Å². The zero-order valence-corrected chi connectivity index (χ0v) is 46.5. The summed E-state index contributed by atoms with van der Waals surface area (Å²) in [6.45, 7) is 3.80. The number of carbonyl (C=O) groups excluding carboxylic acids is 1. The van der Waals surface area contributed by atoms with Crippen LogP contribution in [0.4, 0.5) is 0 Å². The molecule has 1 heterocycles. The van der Waals surface area contributed by atoms with Crippen molar-refractivity contribution in [1.29, 1.82) is 0 Å². The molecule has 0 aromatic heterocycles. The number of aliphatic hydroxyl groups is 5. The van der Waals surface area contributed by atoms with Crippen LogP contribution in [0.2, 0.25) is 0 Å². The molecule has 0 spiro atoms. The fourth-order valence-corrected chi connectivity index (χ4v) is 9.82. The van der Waals surface area contributed by atoms with Crippen molar-refractivity contribution in [3.63, 3.8) is 0 Å². The summed E-state index contributed by atoms with van der Waals surface area (Å²) in [7, 11) is 0. The van der Waals surface area contributed by atoms with Gasteiger partial charge in [0.1, 0.15) is 24.4 Å². The molecule has 1 rings (SSSR count). The normalized spacial score (nSPS) is 19.5. The van der Waals surface area contributed by atoms with E-state index in [1.54, 1.807) is 6.08 Å². The van der Waals surface area contributed by atoms with Gasteiger partial charge in [0.2, 0.25) is 5.91 Å². The lowest BCUT2D eigenvalue weighted by Gasteiger charge is -2.40. The molecule has 1 aliphatic rings. The molecule has 9 heteroatoms. The van der Waals surface area contributed by atoms with E-state index in [1.807, 2.05) is 6.08 Å². The molecule has 9 nitrogen and oxygen atoms in total. The molecule has 7 unspecified atom stereocenters. The molecule has 1 aliphatic heterocycles.